The first-order valence-electron chi connectivity index (χ1n) is 4.89. The molecule has 0 aromatic heterocycles. The second-order valence-electron chi connectivity index (χ2n) is 3.86. The summed E-state index contributed by atoms with van der Waals surface area (Å²) in [5.74, 6) is 0.325. The Bertz CT molecular complexity index is 226. The van der Waals surface area contributed by atoms with Crippen molar-refractivity contribution < 1.29 is 4.79 Å². The molecule has 0 aliphatic rings. The maximum atomic E-state index is 11.3. The second-order valence-corrected chi connectivity index (χ2v) is 4.96. The maximum absolute atomic E-state index is 11.3. The Hall–Kier alpha value is -0.410. The highest BCUT2D eigenvalue weighted by Gasteiger charge is 2.11. The number of hydrogen-bond donors (Lipinski definition) is 2. The van der Waals surface area contributed by atoms with Gasteiger partial charge >= 0.3 is 0 Å². The fraction of sp³-hybridized carbons (Fsp3) is 0.700. The quantitative estimate of drug-likeness (QED) is 0.563. The Morgan fingerprint density at radius 3 is 1.73 bits per heavy atom. The van der Waals surface area contributed by atoms with Crippen molar-refractivity contribution in [1.29, 1.82) is 0 Å². The van der Waals surface area contributed by atoms with E-state index in [0.29, 0.717) is 5.82 Å². The summed E-state index contributed by atoms with van der Waals surface area (Å²) in [5, 5.41) is 6.22. The van der Waals surface area contributed by atoms with E-state index in [0.717, 1.165) is 0 Å². The van der Waals surface area contributed by atoms with Crippen molar-refractivity contribution in [3.8, 4) is 0 Å². The van der Waals surface area contributed by atoms with E-state index in [1.807, 2.05) is 27.7 Å². The Morgan fingerprint density at radius 2 is 1.47 bits per heavy atom. The molecule has 0 saturated heterocycles. The molecule has 0 fully saturated rings. The van der Waals surface area contributed by atoms with Gasteiger partial charge in [0.2, 0.25) is 0 Å². The Labute approximate surface area is 101 Å². The third-order valence-corrected chi connectivity index (χ3v) is 1.82. The van der Waals surface area contributed by atoms with E-state index < -0.39 is 4.84 Å². The summed E-state index contributed by atoms with van der Waals surface area (Å²) in [5.41, 5.74) is 0. The molecule has 0 atom stereocenters. The first kappa shape index (κ1) is 14.6. The van der Waals surface area contributed by atoms with E-state index in [-0.39, 0.29) is 17.9 Å². The minimum absolute atomic E-state index is 0.236. The van der Waals surface area contributed by atoms with Gasteiger partial charge in [-0.15, -0.1) is 0 Å². The lowest BCUT2D eigenvalue weighted by atomic mass is 10.3. The molecule has 88 valence electrons. The van der Waals surface area contributed by atoms with Crippen molar-refractivity contribution in [2.45, 2.75) is 44.6 Å². The van der Waals surface area contributed by atoms with Gasteiger partial charge in [-0.05, 0) is 27.7 Å². The lowest BCUT2D eigenvalue weighted by Gasteiger charge is -2.18. The van der Waals surface area contributed by atoms with Crippen LogP contribution in [0, 0.1) is 0 Å². The summed E-state index contributed by atoms with van der Waals surface area (Å²) in [7, 11) is 0. The molecule has 0 bridgehead atoms. The van der Waals surface area contributed by atoms with E-state index in [4.69, 9.17) is 23.2 Å². The van der Waals surface area contributed by atoms with Gasteiger partial charge in [-0.1, -0.05) is 23.2 Å². The lowest BCUT2D eigenvalue weighted by Crippen LogP contribution is -2.35. The number of alkyl halides is 2. The van der Waals surface area contributed by atoms with Crippen LogP contribution in [0.25, 0.3) is 0 Å². The number of ketones is 1. The SMILES string of the molecule is CC(C)NC(=CC(=O)C(Cl)Cl)NC(C)C. The molecule has 5 heteroatoms. The van der Waals surface area contributed by atoms with Gasteiger partial charge in [-0.3, -0.25) is 4.79 Å². The summed E-state index contributed by atoms with van der Waals surface area (Å²) in [4.78, 5) is 10.3. The Morgan fingerprint density at radius 1 is 1.07 bits per heavy atom. The zero-order chi connectivity index (χ0) is 12.0. The fourth-order valence-corrected chi connectivity index (χ4v) is 1.08. The van der Waals surface area contributed by atoms with Gasteiger partial charge in [-0.25, -0.2) is 0 Å². The van der Waals surface area contributed by atoms with Crippen LogP contribution in [0.4, 0.5) is 0 Å². The van der Waals surface area contributed by atoms with Gasteiger partial charge in [0.25, 0.3) is 0 Å². The van der Waals surface area contributed by atoms with Crippen LogP contribution in [0.5, 0.6) is 0 Å². The van der Waals surface area contributed by atoms with Gasteiger partial charge in [0.05, 0.1) is 0 Å². The van der Waals surface area contributed by atoms with E-state index in [9.17, 15) is 4.79 Å². The van der Waals surface area contributed by atoms with Crippen LogP contribution in [0.15, 0.2) is 11.9 Å². The molecule has 0 saturated carbocycles. The number of allylic oxidation sites excluding steroid dienone is 1. The fourth-order valence-electron chi connectivity index (χ4n) is 0.952. The molecule has 3 nitrogen and oxygen atoms in total. The number of nitrogens with one attached hydrogen (secondary N) is 2. The number of rotatable bonds is 6. The van der Waals surface area contributed by atoms with E-state index in [1.165, 1.54) is 6.08 Å². The minimum Gasteiger partial charge on any atom is -0.370 e. The predicted molar refractivity (Wildman–Crippen MR) is 65.1 cm³/mol. The van der Waals surface area contributed by atoms with E-state index in [1.54, 1.807) is 0 Å². The van der Waals surface area contributed by atoms with Gasteiger partial charge in [0.15, 0.2) is 10.6 Å². The summed E-state index contributed by atoms with van der Waals surface area (Å²) in [6, 6.07) is 0.471. The molecular formula is C10H18Cl2N2O. The monoisotopic (exact) mass is 252 g/mol. The van der Waals surface area contributed by atoms with E-state index in [2.05, 4.69) is 10.6 Å². The first-order valence-corrected chi connectivity index (χ1v) is 5.77. The average molecular weight is 253 g/mol. The van der Waals surface area contributed by atoms with Crippen LogP contribution < -0.4 is 10.6 Å². The van der Waals surface area contributed by atoms with Crippen molar-refractivity contribution in [2.75, 3.05) is 0 Å². The van der Waals surface area contributed by atoms with Gasteiger partial charge in [-0.2, -0.15) is 0 Å². The molecule has 0 rings (SSSR count). The van der Waals surface area contributed by atoms with Gasteiger partial charge in [0.1, 0.15) is 5.82 Å². The topological polar surface area (TPSA) is 41.1 Å². The van der Waals surface area contributed by atoms with Crippen molar-refractivity contribution >= 4 is 29.0 Å². The molecule has 0 aromatic carbocycles. The molecule has 0 spiro atoms. The normalized spacial score (nSPS) is 10.7. The van der Waals surface area contributed by atoms with Crippen LogP contribution in [0.1, 0.15) is 27.7 Å². The zero-order valence-electron chi connectivity index (χ0n) is 9.47. The third-order valence-electron chi connectivity index (χ3n) is 1.39. The Kier molecular flexibility index (Phi) is 6.77. The standard InChI is InChI=1S/C10H18Cl2N2O/c1-6(2)13-9(14-7(3)4)5-8(15)10(11)12/h5-7,10,13-14H,1-4H3. The molecule has 0 aromatic rings. The summed E-state index contributed by atoms with van der Waals surface area (Å²) < 4.78 is 0. The molecule has 2 N–H and O–H groups in total. The van der Waals surface area contributed by atoms with Crippen LogP contribution in [-0.4, -0.2) is 22.7 Å². The Balaban J connectivity index is 4.53. The van der Waals surface area contributed by atoms with Crippen LogP contribution >= 0.6 is 23.2 Å². The van der Waals surface area contributed by atoms with Crippen LogP contribution in [0.2, 0.25) is 0 Å². The molecule has 0 radical (unpaired) electrons. The highest BCUT2D eigenvalue weighted by atomic mass is 35.5. The summed E-state index contributed by atoms with van der Waals surface area (Å²) in [6.07, 6.45) is 1.39. The van der Waals surface area contributed by atoms with Crippen LogP contribution in [0.3, 0.4) is 0 Å². The van der Waals surface area contributed by atoms with Gasteiger partial charge < -0.3 is 10.6 Å². The number of carbonyl (C=O) groups excluding carboxylic acids is 1. The molecule has 0 aliphatic heterocycles. The number of halogens is 2. The second kappa shape index (κ2) is 6.96. The zero-order valence-corrected chi connectivity index (χ0v) is 11.0. The molecule has 0 unspecified atom stereocenters. The van der Waals surface area contributed by atoms with Crippen LogP contribution in [-0.2, 0) is 4.79 Å². The highest BCUT2D eigenvalue weighted by Crippen LogP contribution is 2.05. The smallest absolute Gasteiger partial charge is 0.192 e. The van der Waals surface area contributed by atoms with Crippen molar-refractivity contribution in [3.63, 3.8) is 0 Å². The molecule has 15 heavy (non-hydrogen) atoms. The summed E-state index contributed by atoms with van der Waals surface area (Å²) >= 11 is 10.9. The molecule has 0 heterocycles. The largest absolute Gasteiger partial charge is 0.370 e. The van der Waals surface area contributed by atoms with Crippen molar-refractivity contribution in [2.24, 2.45) is 0 Å². The highest BCUT2D eigenvalue weighted by molar-refractivity contribution is 6.54. The first-order chi connectivity index (χ1) is 6.82. The average Bonchev–Trinajstić information content (AvgIpc) is 2.00. The minimum atomic E-state index is -1.01. The van der Waals surface area contributed by atoms with Crippen molar-refractivity contribution in [3.05, 3.63) is 11.9 Å². The molecule has 0 aliphatic carbocycles. The summed E-state index contributed by atoms with van der Waals surface area (Å²) in [6.45, 7) is 7.94. The lowest BCUT2D eigenvalue weighted by molar-refractivity contribution is -0.113. The third kappa shape index (κ3) is 7.51. The molecular weight excluding hydrogens is 235 g/mol. The number of hydrogen-bond acceptors (Lipinski definition) is 3. The van der Waals surface area contributed by atoms with E-state index >= 15 is 0 Å². The maximum Gasteiger partial charge on any atom is 0.192 e. The number of carbonyl (C=O) groups is 1. The predicted octanol–water partition coefficient (Wildman–Crippen LogP) is 2.20. The van der Waals surface area contributed by atoms with Crippen molar-refractivity contribution in [1.82, 2.24) is 10.6 Å². The van der Waals surface area contributed by atoms with Gasteiger partial charge in [0, 0.05) is 18.2 Å². The molecule has 0 amide bonds.